The average molecular weight is 257 g/mol. The number of hydrogen-bond donors (Lipinski definition) is 1. The molecule has 0 radical (unpaired) electrons. The van der Waals surface area contributed by atoms with Crippen LogP contribution in [-0.2, 0) is 4.79 Å². The molecule has 0 bridgehead atoms. The Labute approximate surface area is 115 Å². The van der Waals surface area contributed by atoms with Crippen molar-refractivity contribution in [2.24, 2.45) is 17.3 Å². The Morgan fingerprint density at radius 1 is 1.21 bits per heavy atom. The van der Waals surface area contributed by atoms with Gasteiger partial charge in [0.2, 0.25) is 5.91 Å². The molecule has 0 aromatic heterocycles. The van der Waals surface area contributed by atoms with Gasteiger partial charge in [-0.05, 0) is 23.8 Å². The molecule has 2 aliphatic rings. The fraction of sp³-hybridized carbons (Fsp3) is 0.588. The maximum atomic E-state index is 12.0. The lowest BCUT2D eigenvalue weighted by Gasteiger charge is -2.46. The molecular weight excluding hydrogens is 234 g/mol. The van der Waals surface area contributed by atoms with Crippen molar-refractivity contribution in [1.29, 1.82) is 0 Å². The molecule has 3 rings (SSSR count). The summed E-state index contributed by atoms with van der Waals surface area (Å²) in [5.41, 5.74) is 1.41. The lowest BCUT2D eigenvalue weighted by Crippen LogP contribution is -2.40. The van der Waals surface area contributed by atoms with E-state index in [0.717, 1.165) is 0 Å². The van der Waals surface area contributed by atoms with Gasteiger partial charge in [0.1, 0.15) is 0 Å². The van der Waals surface area contributed by atoms with Crippen molar-refractivity contribution < 1.29 is 4.79 Å². The molecule has 1 aliphatic carbocycles. The second kappa shape index (κ2) is 4.66. The standard InChI is InChI=1S/C17H23NO/c1-12-7-6-10-17(13(12)2)11-15(19)18-16(17)14-8-4-3-5-9-14/h3-5,8-9,12-13,16H,6-7,10-11H2,1-2H3,(H,18,19). The molecule has 4 atom stereocenters. The third-order valence-corrected chi connectivity index (χ3v) is 5.56. The molecule has 4 unspecified atom stereocenters. The monoisotopic (exact) mass is 257 g/mol. The van der Waals surface area contributed by atoms with Crippen LogP contribution in [0.5, 0.6) is 0 Å². The van der Waals surface area contributed by atoms with Gasteiger partial charge in [-0.25, -0.2) is 0 Å². The summed E-state index contributed by atoms with van der Waals surface area (Å²) in [7, 11) is 0. The zero-order valence-corrected chi connectivity index (χ0v) is 11.9. The fourth-order valence-corrected chi connectivity index (χ4v) is 4.27. The Morgan fingerprint density at radius 3 is 2.68 bits per heavy atom. The number of amides is 1. The lowest BCUT2D eigenvalue weighted by atomic mass is 9.58. The Balaban J connectivity index is 2.00. The number of carbonyl (C=O) groups is 1. The Kier molecular flexibility index (Phi) is 3.12. The van der Waals surface area contributed by atoms with Crippen LogP contribution in [0.4, 0.5) is 0 Å². The van der Waals surface area contributed by atoms with Crippen LogP contribution in [0.25, 0.3) is 0 Å². The van der Waals surface area contributed by atoms with E-state index in [1.165, 1.54) is 24.8 Å². The van der Waals surface area contributed by atoms with E-state index in [4.69, 9.17) is 0 Å². The van der Waals surface area contributed by atoms with Crippen LogP contribution in [-0.4, -0.2) is 5.91 Å². The Morgan fingerprint density at radius 2 is 1.95 bits per heavy atom. The maximum absolute atomic E-state index is 12.0. The predicted octanol–water partition coefficient (Wildman–Crippen LogP) is 3.69. The van der Waals surface area contributed by atoms with Crippen LogP contribution in [0.2, 0.25) is 0 Å². The van der Waals surface area contributed by atoms with Crippen LogP contribution in [0.3, 0.4) is 0 Å². The molecule has 19 heavy (non-hydrogen) atoms. The van der Waals surface area contributed by atoms with Gasteiger partial charge in [-0.3, -0.25) is 4.79 Å². The van der Waals surface area contributed by atoms with Crippen molar-refractivity contribution in [3.8, 4) is 0 Å². The van der Waals surface area contributed by atoms with Crippen molar-refractivity contribution in [1.82, 2.24) is 5.32 Å². The highest BCUT2D eigenvalue weighted by Gasteiger charge is 2.53. The van der Waals surface area contributed by atoms with Gasteiger partial charge in [-0.2, -0.15) is 0 Å². The molecular formula is C17H23NO. The highest BCUT2D eigenvalue weighted by Crippen LogP contribution is 2.56. The largest absolute Gasteiger partial charge is 0.349 e. The van der Waals surface area contributed by atoms with Gasteiger partial charge in [0.05, 0.1) is 6.04 Å². The van der Waals surface area contributed by atoms with E-state index in [0.29, 0.717) is 18.3 Å². The van der Waals surface area contributed by atoms with Crippen molar-refractivity contribution in [3.05, 3.63) is 35.9 Å². The number of rotatable bonds is 1. The molecule has 1 saturated heterocycles. The van der Waals surface area contributed by atoms with Gasteiger partial charge in [0.25, 0.3) is 0 Å². The molecule has 1 aliphatic heterocycles. The SMILES string of the molecule is CC1CCCC2(CC(=O)NC2c2ccccc2)C1C. The van der Waals surface area contributed by atoms with Gasteiger partial charge < -0.3 is 5.32 Å². The summed E-state index contributed by atoms with van der Waals surface area (Å²) in [6, 6.07) is 10.7. The average Bonchev–Trinajstić information content (AvgIpc) is 2.75. The van der Waals surface area contributed by atoms with E-state index < -0.39 is 0 Å². The first kappa shape index (κ1) is 12.7. The minimum Gasteiger partial charge on any atom is -0.349 e. The third kappa shape index (κ3) is 1.98. The van der Waals surface area contributed by atoms with E-state index >= 15 is 0 Å². The van der Waals surface area contributed by atoms with Gasteiger partial charge in [0.15, 0.2) is 0 Å². The summed E-state index contributed by atoms with van der Waals surface area (Å²) in [5, 5.41) is 3.24. The first-order valence-corrected chi connectivity index (χ1v) is 7.48. The molecule has 2 heteroatoms. The maximum Gasteiger partial charge on any atom is 0.221 e. The highest BCUT2D eigenvalue weighted by molar-refractivity contribution is 5.80. The van der Waals surface area contributed by atoms with E-state index in [9.17, 15) is 4.79 Å². The van der Waals surface area contributed by atoms with Gasteiger partial charge in [-0.1, -0.05) is 57.0 Å². The van der Waals surface area contributed by atoms with Crippen molar-refractivity contribution >= 4 is 5.91 Å². The molecule has 1 spiro atoms. The molecule has 1 aromatic carbocycles. The number of nitrogens with one attached hydrogen (secondary N) is 1. The third-order valence-electron chi connectivity index (χ3n) is 5.56. The number of benzene rings is 1. The molecule has 1 heterocycles. The van der Waals surface area contributed by atoms with Crippen LogP contribution in [0.1, 0.15) is 51.1 Å². The smallest absolute Gasteiger partial charge is 0.221 e. The molecule has 2 nitrogen and oxygen atoms in total. The first-order chi connectivity index (χ1) is 9.13. The van der Waals surface area contributed by atoms with E-state index in [1.807, 2.05) is 6.07 Å². The highest BCUT2D eigenvalue weighted by atomic mass is 16.2. The van der Waals surface area contributed by atoms with Gasteiger partial charge in [0, 0.05) is 11.8 Å². The minimum absolute atomic E-state index is 0.135. The zero-order valence-electron chi connectivity index (χ0n) is 11.9. The summed E-state index contributed by atoms with van der Waals surface area (Å²) in [4.78, 5) is 12.0. The Hall–Kier alpha value is -1.31. The van der Waals surface area contributed by atoms with Crippen molar-refractivity contribution in [2.45, 2.75) is 45.6 Å². The molecule has 1 amide bonds. The predicted molar refractivity (Wildman–Crippen MR) is 76.6 cm³/mol. The van der Waals surface area contributed by atoms with Crippen LogP contribution >= 0.6 is 0 Å². The lowest BCUT2D eigenvalue weighted by molar-refractivity contribution is -0.120. The number of carbonyl (C=O) groups excluding carboxylic acids is 1. The summed E-state index contributed by atoms with van der Waals surface area (Å²) in [6.07, 6.45) is 4.44. The number of hydrogen-bond acceptors (Lipinski definition) is 1. The second-order valence-electron chi connectivity index (χ2n) is 6.48. The minimum atomic E-state index is 0.135. The molecule has 1 saturated carbocycles. The van der Waals surface area contributed by atoms with E-state index in [1.54, 1.807) is 0 Å². The molecule has 2 fully saturated rings. The van der Waals surface area contributed by atoms with Gasteiger partial charge in [-0.15, -0.1) is 0 Å². The normalized spacial score (nSPS) is 38.4. The van der Waals surface area contributed by atoms with E-state index in [2.05, 4.69) is 43.4 Å². The summed E-state index contributed by atoms with van der Waals surface area (Å²) in [5.74, 6) is 1.55. The van der Waals surface area contributed by atoms with Crippen molar-refractivity contribution in [3.63, 3.8) is 0 Å². The zero-order chi connectivity index (χ0) is 13.5. The van der Waals surface area contributed by atoms with E-state index in [-0.39, 0.29) is 17.4 Å². The molecule has 1 aromatic rings. The summed E-state index contributed by atoms with van der Waals surface area (Å²) < 4.78 is 0. The first-order valence-electron chi connectivity index (χ1n) is 7.48. The van der Waals surface area contributed by atoms with Crippen LogP contribution in [0, 0.1) is 17.3 Å². The molecule has 102 valence electrons. The fourth-order valence-electron chi connectivity index (χ4n) is 4.27. The van der Waals surface area contributed by atoms with Crippen molar-refractivity contribution in [2.75, 3.05) is 0 Å². The Bertz CT molecular complexity index is 469. The quantitative estimate of drug-likeness (QED) is 0.816. The van der Waals surface area contributed by atoms with Gasteiger partial charge >= 0.3 is 0 Å². The second-order valence-corrected chi connectivity index (χ2v) is 6.48. The summed E-state index contributed by atoms with van der Waals surface area (Å²) >= 11 is 0. The van der Waals surface area contributed by atoms with Crippen LogP contribution in [0.15, 0.2) is 30.3 Å². The van der Waals surface area contributed by atoms with Crippen LogP contribution < -0.4 is 5.32 Å². The molecule has 1 N–H and O–H groups in total. The summed E-state index contributed by atoms with van der Waals surface area (Å²) in [6.45, 7) is 4.69. The topological polar surface area (TPSA) is 29.1 Å².